The predicted molar refractivity (Wildman–Crippen MR) is 22.6 cm³/mol. The topological polar surface area (TPSA) is 54.0 Å². The van der Waals surface area contributed by atoms with E-state index in [1.54, 1.807) is 0 Å². The highest BCUT2D eigenvalue weighted by Gasteiger charge is 2.07. The Kier molecular flexibility index (Phi) is 1.76. The highest BCUT2D eigenvalue weighted by atomic mass is 33.1. The van der Waals surface area contributed by atoms with Crippen LogP contribution in [-0.2, 0) is 13.7 Å². The van der Waals surface area contributed by atoms with Crippen molar-refractivity contribution in [3.63, 3.8) is 0 Å². The van der Waals surface area contributed by atoms with Gasteiger partial charge in [-0.05, 0) is 0 Å². The zero-order chi connectivity index (χ0) is 5.21. The second-order valence-electron chi connectivity index (χ2n) is 0.526. The van der Waals surface area contributed by atoms with E-state index in [0.29, 0.717) is 0 Å². The average Bonchev–Trinajstić information content (AvgIpc) is 1.35. The van der Waals surface area contributed by atoms with Crippen molar-refractivity contribution in [3.05, 3.63) is 6.26 Å². The standard InChI is InChI=1S/CH2O3S2/c1-5-6(2,3)4/h1H2/q+1. The smallest absolute Gasteiger partial charge is 0.181 e. The Balaban J connectivity index is 3.85. The van der Waals surface area contributed by atoms with Gasteiger partial charge in [-0.15, -0.1) is 0 Å². The Hall–Kier alpha value is 0.130. The maximum absolute atomic E-state index is 9.34. The van der Waals surface area contributed by atoms with Crippen molar-refractivity contribution >= 4 is 19.9 Å². The van der Waals surface area contributed by atoms with E-state index < -0.39 is 9.15 Å². The van der Waals surface area contributed by atoms with Crippen LogP contribution < -0.4 is 0 Å². The van der Waals surface area contributed by atoms with Gasteiger partial charge in [-0.25, -0.2) is 0 Å². The van der Waals surface area contributed by atoms with Crippen molar-refractivity contribution in [1.82, 2.24) is 0 Å². The Bertz CT molecular complexity index is 111. The Morgan fingerprint density at radius 1 is 1.50 bits per heavy atom. The van der Waals surface area contributed by atoms with Crippen LogP contribution in [0.15, 0.2) is 0 Å². The van der Waals surface area contributed by atoms with Crippen LogP contribution in [0, 0.1) is 6.26 Å². The quantitative estimate of drug-likeness (QED) is 0.372. The molecular formula is CH2O3S2+. The van der Waals surface area contributed by atoms with Gasteiger partial charge in [-0.2, -0.15) is 8.42 Å². The van der Waals surface area contributed by atoms with Crippen LogP contribution in [0.2, 0.25) is 0 Å². The van der Waals surface area contributed by atoms with E-state index in [9.17, 15) is 13.0 Å². The molecule has 0 aromatic rings. The van der Waals surface area contributed by atoms with Gasteiger partial charge in [-0.1, -0.05) is 4.55 Å². The number of hydrogen-bond acceptors (Lipinski definition) is 3. The molecule has 0 spiro atoms. The van der Waals surface area contributed by atoms with Crippen molar-refractivity contribution in [3.8, 4) is 0 Å². The van der Waals surface area contributed by atoms with Crippen molar-refractivity contribution in [2.24, 2.45) is 0 Å². The van der Waals surface area contributed by atoms with Crippen molar-refractivity contribution in [2.45, 2.75) is 0 Å². The Labute approximate surface area is 39.9 Å². The summed E-state index contributed by atoms with van der Waals surface area (Å²) in [6.45, 7) is 0. The third-order valence-corrected chi connectivity index (χ3v) is 1.30. The Morgan fingerprint density at radius 2 is 1.67 bits per heavy atom. The fourth-order valence-electron chi connectivity index (χ4n) is 0. The minimum atomic E-state index is -4.11. The molecule has 0 bridgehead atoms. The first-order valence-corrected chi connectivity index (χ1v) is 3.87. The molecule has 0 fully saturated rings. The first-order valence-electron chi connectivity index (χ1n) is 0.955. The minimum Gasteiger partial charge on any atom is -0.181 e. The summed E-state index contributed by atoms with van der Waals surface area (Å²) in [5.41, 5.74) is 0. The summed E-state index contributed by atoms with van der Waals surface area (Å²) in [5.74, 6) is 0. The normalized spacial score (nSPS) is 11.5. The fraction of sp³-hybridized carbons (Fsp3) is 0. The third-order valence-electron chi connectivity index (χ3n) is 0.144. The summed E-state index contributed by atoms with van der Waals surface area (Å²) in [6, 6.07) is 0. The molecule has 0 heterocycles. The number of rotatable bonds is 1. The third kappa shape index (κ3) is 4.13. The van der Waals surface area contributed by atoms with Gasteiger partial charge >= 0.3 is 9.15 Å². The zero-order valence-corrected chi connectivity index (χ0v) is 4.38. The van der Waals surface area contributed by atoms with Crippen LogP contribution in [0.1, 0.15) is 0 Å². The summed E-state index contributed by atoms with van der Waals surface area (Å²) < 4.78 is 28.0. The van der Waals surface area contributed by atoms with Crippen molar-refractivity contribution in [1.29, 1.82) is 0 Å². The summed E-state index contributed by atoms with van der Waals surface area (Å²) in [7, 11) is -4.06. The Morgan fingerprint density at radius 3 is 1.67 bits per heavy atom. The van der Waals surface area contributed by atoms with Gasteiger partial charge in [0.2, 0.25) is 10.8 Å². The first-order chi connectivity index (χ1) is 2.56. The summed E-state index contributed by atoms with van der Waals surface area (Å²) >= 11 is 0. The van der Waals surface area contributed by atoms with Crippen molar-refractivity contribution in [2.75, 3.05) is 0 Å². The van der Waals surface area contributed by atoms with Gasteiger partial charge in [0.1, 0.15) is 6.26 Å². The lowest BCUT2D eigenvalue weighted by molar-refractivity contribution is 0.432. The number of hydrogen-bond donors (Lipinski definition) is 0. The summed E-state index contributed by atoms with van der Waals surface area (Å²) in [5, 5.41) is 0. The first kappa shape index (κ1) is 6.13. The molecule has 35 valence electrons. The van der Waals surface area contributed by atoms with E-state index in [1.165, 1.54) is 0 Å². The van der Waals surface area contributed by atoms with E-state index >= 15 is 0 Å². The monoisotopic (exact) mass is 126 g/mol. The highest BCUT2D eigenvalue weighted by Crippen LogP contribution is 2.03. The van der Waals surface area contributed by atoms with Crippen LogP contribution >= 0.6 is 10.8 Å². The lowest BCUT2D eigenvalue weighted by atomic mass is 12.0. The van der Waals surface area contributed by atoms with Crippen LogP contribution in [0.3, 0.4) is 0 Å². The lowest BCUT2D eigenvalue weighted by Gasteiger charge is -1.66. The molecule has 0 aliphatic rings. The van der Waals surface area contributed by atoms with Crippen LogP contribution in [0.5, 0.6) is 0 Å². The molecule has 0 atom stereocenters. The maximum atomic E-state index is 9.34. The van der Waals surface area contributed by atoms with E-state index in [2.05, 4.69) is 6.26 Å². The molecule has 6 heavy (non-hydrogen) atoms. The fourth-order valence-corrected chi connectivity index (χ4v) is 0. The van der Waals surface area contributed by atoms with Crippen LogP contribution in [-0.4, -0.2) is 8.42 Å². The van der Waals surface area contributed by atoms with Crippen molar-refractivity contribution < 1.29 is 13.0 Å². The van der Waals surface area contributed by atoms with E-state index in [0.717, 1.165) is 0 Å². The van der Waals surface area contributed by atoms with Gasteiger partial charge in [0.05, 0.1) is 0 Å². The second-order valence-corrected chi connectivity index (χ2v) is 3.51. The molecule has 3 nitrogen and oxygen atoms in total. The van der Waals surface area contributed by atoms with Crippen LogP contribution in [0.4, 0.5) is 0 Å². The zero-order valence-electron chi connectivity index (χ0n) is 2.75. The van der Waals surface area contributed by atoms with Crippen LogP contribution in [0.25, 0.3) is 0 Å². The van der Waals surface area contributed by atoms with E-state index in [-0.39, 0.29) is 10.8 Å². The molecule has 5 heteroatoms. The summed E-state index contributed by atoms with van der Waals surface area (Å²) in [6.07, 6.45) is 2.77. The molecule has 0 aliphatic carbocycles. The molecule has 0 rings (SSSR count). The molecule has 0 aromatic carbocycles. The molecule has 0 aromatic heterocycles. The van der Waals surface area contributed by atoms with Gasteiger partial charge in [0, 0.05) is 0 Å². The summed E-state index contributed by atoms with van der Waals surface area (Å²) in [4.78, 5) is 0. The van der Waals surface area contributed by atoms with Gasteiger partial charge in [0.25, 0.3) is 0 Å². The molecule has 0 saturated carbocycles. The van der Waals surface area contributed by atoms with Gasteiger partial charge in [0.15, 0.2) is 0 Å². The highest BCUT2D eigenvalue weighted by molar-refractivity contribution is 8.70. The SMILES string of the molecule is [CH2+]SS([O])(=O)=O. The molecule has 0 N–H and O–H groups in total. The largest absolute Gasteiger partial charge is 0.392 e. The van der Waals surface area contributed by atoms with E-state index in [4.69, 9.17) is 0 Å². The molecule has 1 radical (unpaired) electrons. The van der Waals surface area contributed by atoms with E-state index in [1.807, 2.05) is 0 Å². The molecular weight excluding hydrogens is 124 g/mol. The molecule has 0 aliphatic heterocycles. The van der Waals surface area contributed by atoms with Gasteiger partial charge in [-0.3, -0.25) is 0 Å². The minimum absolute atomic E-state index is 0.0486. The second kappa shape index (κ2) is 1.72. The van der Waals surface area contributed by atoms with Gasteiger partial charge < -0.3 is 0 Å². The lowest BCUT2D eigenvalue weighted by Crippen LogP contribution is -1.80. The molecule has 0 amide bonds. The average molecular weight is 126 g/mol. The molecule has 0 unspecified atom stereocenters. The molecule has 0 saturated heterocycles. The maximum Gasteiger partial charge on any atom is 0.392 e. The predicted octanol–water partition coefficient (Wildman–Crippen LogP) is 0.186.